The lowest BCUT2D eigenvalue weighted by Crippen LogP contribution is -2.58. The molecule has 4 heterocycles. The third-order valence-electron chi connectivity index (χ3n) is 10.4. The Kier molecular flexibility index (Phi) is 9.23. The van der Waals surface area contributed by atoms with Crippen molar-refractivity contribution in [2.24, 2.45) is 11.8 Å². The molecule has 3 fully saturated rings. The van der Waals surface area contributed by atoms with E-state index in [0.717, 1.165) is 37.7 Å². The molecule has 5 aliphatic rings. The number of likely N-dealkylation sites (tertiary alicyclic amines) is 1. The van der Waals surface area contributed by atoms with Gasteiger partial charge in [0.1, 0.15) is 29.8 Å². The first-order valence-electron chi connectivity index (χ1n) is 16.1. The number of likely N-dealkylation sites (N-methyl/N-ethyl adjacent to an activating group) is 1. The van der Waals surface area contributed by atoms with E-state index in [4.69, 9.17) is 9.47 Å². The third-order valence-corrected chi connectivity index (χ3v) is 11.1. The Balaban J connectivity index is 1.44. The number of β-amino-alcohol motifs (C(OH)–C–C–N with tert-alkyl or cyclic N) is 1. The summed E-state index contributed by atoms with van der Waals surface area (Å²) in [5.41, 5.74) is -0.665. The van der Waals surface area contributed by atoms with Crippen LogP contribution in [0.1, 0.15) is 63.5 Å². The number of halogens is 1. The lowest BCUT2D eigenvalue weighted by molar-refractivity contribution is -0.164. The quantitative estimate of drug-likeness (QED) is 0.382. The van der Waals surface area contributed by atoms with Gasteiger partial charge in [-0.25, -0.2) is 0 Å². The number of hydrogen-bond donors (Lipinski definition) is 1. The van der Waals surface area contributed by atoms with Crippen LogP contribution in [0.15, 0.2) is 53.0 Å². The fourth-order valence-corrected chi connectivity index (χ4v) is 8.73. The van der Waals surface area contributed by atoms with Gasteiger partial charge in [-0.1, -0.05) is 77.7 Å². The summed E-state index contributed by atoms with van der Waals surface area (Å²) in [6.45, 7) is 1.79. The normalized spacial score (nSPS) is 35.5. The molecule has 1 N–H and O–H groups in total. The molecule has 1 aromatic rings. The summed E-state index contributed by atoms with van der Waals surface area (Å²) in [7, 11) is 1.71. The van der Waals surface area contributed by atoms with E-state index in [1.165, 1.54) is 4.90 Å². The predicted molar refractivity (Wildman–Crippen MR) is 169 cm³/mol. The number of cyclic esters (lactones) is 1. The number of fused-ring (bicyclic) bond motifs is 2. The standard InChI is InChI=1S/C34H42BrN3O7/c1-21-28(22-12-6-3-7-13-22)44-33(43)26-27-31(41)38(18-19-39)30(34(27)20-24(35)29(26)45-34)32(42)37(23-14-8-4-9-15-23)17-11-5-10-16-25(40)36(21)2/h3,5-7,11-13,20-21,23,26-30,39H,4,8-10,14-19H2,1-2H3/b11-5-/t21-,26+,27-,28+,29+,30+,34-/m1/s1. The Labute approximate surface area is 272 Å². The zero-order chi connectivity index (χ0) is 31.9. The fraction of sp³-hybridized carbons (Fsp3) is 0.588. The van der Waals surface area contributed by atoms with Gasteiger partial charge in [-0.3, -0.25) is 19.2 Å². The molecule has 7 atom stereocenters. The summed E-state index contributed by atoms with van der Waals surface area (Å²) in [6, 6.07) is 7.72. The number of hydrogen-bond acceptors (Lipinski definition) is 7. The second-order valence-electron chi connectivity index (χ2n) is 12.9. The van der Waals surface area contributed by atoms with Crippen molar-refractivity contribution in [3.8, 4) is 0 Å². The minimum absolute atomic E-state index is 0.00783. The number of ether oxygens (including phenoxy) is 2. The summed E-state index contributed by atoms with van der Waals surface area (Å²) >= 11 is 3.60. The zero-order valence-corrected chi connectivity index (χ0v) is 27.4. The smallest absolute Gasteiger partial charge is 0.313 e. The van der Waals surface area contributed by atoms with Crippen molar-refractivity contribution in [2.45, 2.75) is 87.8 Å². The van der Waals surface area contributed by atoms with Crippen molar-refractivity contribution < 1.29 is 33.8 Å². The Bertz CT molecular complexity index is 1380. The summed E-state index contributed by atoms with van der Waals surface area (Å²) in [5.74, 6) is -3.39. The van der Waals surface area contributed by atoms with Crippen LogP contribution < -0.4 is 0 Å². The highest BCUT2D eigenvalue weighted by atomic mass is 79.9. The number of carbonyl (C=O) groups is 4. The van der Waals surface area contributed by atoms with E-state index in [1.54, 1.807) is 18.0 Å². The number of carbonyl (C=O) groups excluding carboxylic acids is 4. The molecular formula is C34H42BrN3O7. The Hall–Kier alpha value is -3.02. The van der Waals surface area contributed by atoms with Gasteiger partial charge >= 0.3 is 5.97 Å². The predicted octanol–water partition coefficient (Wildman–Crippen LogP) is 3.49. The fourth-order valence-electron chi connectivity index (χ4n) is 7.99. The Morgan fingerprint density at radius 1 is 1.00 bits per heavy atom. The minimum atomic E-state index is -1.39. The van der Waals surface area contributed by atoms with Crippen molar-refractivity contribution in [1.82, 2.24) is 14.7 Å². The maximum absolute atomic E-state index is 14.7. The molecule has 0 aromatic heterocycles. The maximum Gasteiger partial charge on any atom is 0.313 e. The van der Waals surface area contributed by atoms with Crippen LogP contribution in [-0.2, 0) is 28.7 Å². The van der Waals surface area contributed by atoms with Gasteiger partial charge in [-0.15, -0.1) is 0 Å². The molecular weight excluding hydrogens is 642 g/mol. The first-order chi connectivity index (χ1) is 21.7. The van der Waals surface area contributed by atoms with E-state index in [0.29, 0.717) is 17.4 Å². The number of allylic oxidation sites excluding steroid dienone is 1. The minimum Gasteiger partial charge on any atom is -0.455 e. The van der Waals surface area contributed by atoms with E-state index in [-0.39, 0.29) is 37.4 Å². The van der Waals surface area contributed by atoms with E-state index in [2.05, 4.69) is 15.9 Å². The lowest BCUT2D eigenvalue weighted by atomic mass is 9.74. The highest BCUT2D eigenvalue weighted by Crippen LogP contribution is 2.59. The summed E-state index contributed by atoms with van der Waals surface area (Å²) in [6.07, 6.45) is 9.66. The molecule has 1 aliphatic carbocycles. The van der Waals surface area contributed by atoms with Crippen molar-refractivity contribution in [3.05, 3.63) is 58.6 Å². The molecule has 1 saturated carbocycles. The molecule has 10 nitrogen and oxygen atoms in total. The molecule has 45 heavy (non-hydrogen) atoms. The van der Waals surface area contributed by atoms with Crippen molar-refractivity contribution >= 4 is 39.6 Å². The Morgan fingerprint density at radius 3 is 2.44 bits per heavy atom. The van der Waals surface area contributed by atoms with E-state index >= 15 is 0 Å². The van der Waals surface area contributed by atoms with Gasteiger partial charge in [-0.2, -0.15) is 0 Å². The molecule has 5 bridgehead atoms. The first-order valence-corrected chi connectivity index (χ1v) is 16.9. The van der Waals surface area contributed by atoms with Gasteiger partial charge in [-0.05, 0) is 37.8 Å². The highest BCUT2D eigenvalue weighted by Gasteiger charge is 2.75. The number of benzene rings is 1. The van der Waals surface area contributed by atoms with Crippen LogP contribution in [0.5, 0.6) is 0 Å². The van der Waals surface area contributed by atoms with E-state index in [9.17, 15) is 24.3 Å². The summed E-state index contributed by atoms with van der Waals surface area (Å²) in [4.78, 5) is 61.4. The van der Waals surface area contributed by atoms with Gasteiger partial charge in [0.2, 0.25) is 17.7 Å². The molecule has 6 rings (SSSR count). The molecule has 0 radical (unpaired) electrons. The molecule has 242 valence electrons. The van der Waals surface area contributed by atoms with E-state index in [1.807, 2.05) is 54.3 Å². The average molecular weight is 685 g/mol. The molecule has 4 aliphatic heterocycles. The van der Waals surface area contributed by atoms with Crippen LogP contribution in [-0.4, -0.2) is 100 Å². The number of amides is 3. The Morgan fingerprint density at radius 2 is 1.73 bits per heavy atom. The van der Waals surface area contributed by atoms with Crippen LogP contribution in [0.25, 0.3) is 0 Å². The van der Waals surface area contributed by atoms with E-state index < -0.39 is 53.6 Å². The highest BCUT2D eigenvalue weighted by molar-refractivity contribution is 9.11. The number of nitrogens with zero attached hydrogens (tertiary/aromatic N) is 3. The molecule has 11 heteroatoms. The lowest BCUT2D eigenvalue weighted by Gasteiger charge is -2.40. The molecule has 1 aromatic carbocycles. The number of aliphatic hydroxyl groups is 1. The maximum atomic E-state index is 14.7. The first kappa shape index (κ1) is 31.9. The zero-order valence-electron chi connectivity index (χ0n) is 25.8. The van der Waals surface area contributed by atoms with Crippen LogP contribution >= 0.6 is 15.9 Å². The van der Waals surface area contributed by atoms with Crippen LogP contribution in [0.2, 0.25) is 0 Å². The third kappa shape index (κ3) is 5.54. The van der Waals surface area contributed by atoms with Gasteiger partial charge in [0.25, 0.3) is 0 Å². The second kappa shape index (κ2) is 13.0. The SMILES string of the molecule is C[C@@H]1[C@@H](c2ccccc2)OC(=O)[C@@H]2[C@H]3O[C@@]4(C=C3Br)[C@H](C(=O)N(C3CCCCC3)C/C=C\CCC(=O)N1C)N(CCO)C(=O)[C@@H]24. The van der Waals surface area contributed by atoms with Gasteiger partial charge in [0.15, 0.2) is 0 Å². The monoisotopic (exact) mass is 683 g/mol. The topological polar surface area (TPSA) is 117 Å². The second-order valence-corrected chi connectivity index (χ2v) is 13.8. The average Bonchev–Trinajstić information content (AvgIpc) is 3.64. The van der Waals surface area contributed by atoms with Crippen molar-refractivity contribution in [3.63, 3.8) is 0 Å². The molecule has 0 unspecified atom stereocenters. The molecule has 3 amide bonds. The van der Waals surface area contributed by atoms with Gasteiger partial charge < -0.3 is 29.3 Å². The largest absolute Gasteiger partial charge is 0.455 e. The number of aliphatic hydroxyl groups excluding tert-OH is 1. The number of esters is 1. The summed E-state index contributed by atoms with van der Waals surface area (Å²) in [5, 5.41) is 10.0. The van der Waals surface area contributed by atoms with Crippen molar-refractivity contribution in [2.75, 3.05) is 26.7 Å². The van der Waals surface area contributed by atoms with Crippen LogP contribution in [0.3, 0.4) is 0 Å². The van der Waals surface area contributed by atoms with Gasteiger partial charge in [0, 0.05) is 37.1 Å². The summed E-state index contributed by atoms with van der Waals surface area (Å²) < 4.78 is 13.4. The van der Waals surface area contributed by atoms with Crippen LogP contribution in [0.4, 0.5) is 0 Å². The molecule has 2 saturated heterocycles. The van der Waals surface area contributed by atoms with Gasteiger partial charge in [0.05, 0.1) is 18.6 Å². The van der Waals surface area contributed by atoms with Crippen LogP contribution in [0, 0.1) is 11.8 Å². The number of rotatable bonds is 4. The molecule has 1 spiro atoms. The van der Waals surface area contributed by atoms with Crippen molar-refractivity contribution in [1.29, 1.82) is 0 Å².